The lowest BCUT2D eigenvalue weighted by atomic mass is 10.2. The molecule has 2 saturated heterocycles. The Morgan fingerprint density at radius 3 is 2.94 bits per heavy atom. The van der Waals surface area contributed by atoms with Crippen molar-refractivity contribution in [3.63, 3.8) is 0 Å². The van der Waals surface area contributed by atoms with Crippen LogP contribution in [0, 0.1) is 0 Å². The van der Waals surface area contributed by atoms with Crippen molar-refractivity contribution in [2.45, 2.75) is 31.8 Å². The average molecular weight is 227 g/mol. The summed E-state index contributed by atoms with van der Waals surface area (Å²) in [5.74, 6) is 0. The van der Waals surface area contributed by atoms with Gasteiger partial charge in [-0.2, -0.15) is 0 Å². The zero-order valence-electron chi connectivity index (χ0n) is 10.4. The van der Waals surface area contributed by atoms with E-state index in [1.165, 1.54) is 19.4 Å². The molecule has 2 heterocycles. The number of rotatable bonds is 5. The summed E-state index contributed by atoms with van der Waals surface area (Å²) in [7, 11) is 0. The van der Waals surface area contributed by atoms with Crippen LogP contribution in [0.15, 0.2) is 0 Å². The Kier molecular flexibility index (Phi) is 5.03. The molecule has 4 heteroatoms. The van der Waals surface area contributed by atoms with Crippen LogP contribution in [0.5, 0.6) is 0 Å². The summed E-state index contributed by atoms with van der Waals surface area (Å²) in [6, 6.07) is 1.28. The minimum atomic E-state index is 0.584. The van der Waals surface area contributed by atoms with Gasteiger partial charge in [-0.1, -0.05) is 0 Å². The van der Waals surface area contributed by atoms with Crippen molar-refractivity contribution in [1.82, 2.24) is 15.5 Å². The van der Waals surface area contributed by atoms with E-state index in [0.717, 1.165) is 39.4 Å². The Morgan fingerprint density at radius 2 is 2.25 bits per heavy atom. The largest absolute Gasteiger partial charge is 0.379 e. The van der Waals surface area contributed by atoms with Crippen LogP contribution in [0.2, 0.25) is 0 Å². The third-order valence-electron chi connectivity index (χ3n) is 3.51. The van der Waals surface area contributed by atoms with Gasteiger partial charge in [0.2, 0.25) is 0 Å². The molecule has 0 spiro atoms. The van der Waals surface area contributed by atoms with Crippen molar-refractivity contribution < 1.29 is 4.74 Å². The highest BCUT2D eigenvalue weighted by atomic mass is 16.5. The van der Waals surface area contributed by atoms with Crippen LogP contribution in [0.25, 0.3) is 0 Å². The number of hydrogen-bond acceptors (Lipinski definition) is 4. The summed E-state index contributed by atoms with van der Waals surface area (Å²) < 4.78 is 5.35. The maximum atomic E-state index is 5.35. The van der Waals surface area contributed by atoms with Crippen LogP contribution < -0.4 is 10.6 Å². The topological polar surface area (TPSA) is 36.5 Å². The van der Waals surface area contributed by atoms with Crippen molar-refractivity contribution in [3.05, 3.63) is 0 Å². The molecule has 2 aliphatic heterocycles. The lowest BCUT2D eigenvalue weighted by Crippen LogP contribution is -2.46. The molecule has 0 aromatic heterocycles. The Balaban J connectivity index is 1.57. The molecule has 0 aromatic carbocycles. The van der Waals surface area contributed by atoms with E-state index >= 15 is 0 Å². The molecule has 0 bridgehead atoms. The lowest BCUT2D eigenvalue weighted by Gasteiger charge is -2.29. The highest BCUT2D eigenvalue weighted by molar-refractivity contribution is 4.78. The van der Waals surface area contributed by atoms with Crippen LogP contribution in [-0.4, -0.2) is 62.9 Å². The monoisotopic (exact) mass is 227 g/mol. The predicted molar refractivity (Wildman–Crippen MR) is 65.7 cm³/mol. The highest BCUT2D eigenvalue weighted by Gasteiger charge is 2.16. The third-order valence-corrected chi connectivity index (χ3v) is 3.51. The lowest BCUT2D eigenvalue weighted by molar-refractivity contribution is 0.0343. The first-order valence-electron chi connectivity index (χ1n) is 6.61. The van der Waals surface area contributed by atoms with E-state index in [4.69, 9.17) is 4.74 Å². The highest BCUT2D eigenvalue weighted by Crippen LogP contribution is 2.04. The molecule has 16 heavy (non-hydrogen) atoms. The maximum absolute atomic E-state index is 5.35. The summed E-state index contributed by atoms with van der Waals surface area (Å²) in [5.41, 5.74) is 0. The van der Waals surface area contributed by atoms with Crippen LogP contribution in [0.1, 0.15) is 19.8 Å². The van der Waals surface area contributed by atoms with Crippen LogP contribution in [0.4, 0.5) is 0 Å². The second-order valence-electron chi connectivity index (χ2n) is 5.02. The zero-order valence-corrected chi connectivity index (χ0v) is 10.4. The number of morpholine rings is 1. The first kappa shape index (κ1) is 12.3. The fourth-order valence-electron chi connectivity index (χ4n) is 2.51. The summed E-state index contributed by atoms with van der Waals surface area (Å²) in [4.78, 5) is 2.49. The van der Waals surface area contributed by atoms with Gasteiger partial charge in [-0.05, 0) is 26.3 Å². The number of ether oxygens (including phenoxy) is 1. The molecular formula is C12H25N3O. The first-order chi connectivity index (χ1) is 7.84. The maximum Gasteiger partial charge on any atom is 0.0594 e. The average Bonchev–Trinajstić information content (AvgIpc) is 2.81. The smallest absolute Gasteiger partial charge is 0.0594 e. The van der Waals surface area contributed by atoms with Crippen molar-refractivity contribution in [2.24, 2.45) is 0 Å². The van der Waals surface area contributed by atoms with Gasteiger partial charge in [-0.25, -0.2) is 0 Å². The second kappa shape index (κ2) is 6.55. The summed E-state index contributed by atoms with van der Waals surface area (Å²) in [5, 5.41) is 7.15. The van der Waals surface area contributed by atoms with Crippen molar-refractivity contribution >= 4 is 0 Å². The van der Waals surface area contributed by atoms with E-state index < -0.39 is 0 Å². The minimum Gasteiger partial charge on any atom is -0.379 e. The normalized spacial score (nSPS) is 29.4. The number of nitrogens with zero attached hydrogens (tertiary/aromatic N) is 1. The third kappa shape index (κ3) is 4.01. The van der Waals surface area contributed by atoms with Gasteiger partial charge in [0, 0.05) is 38.3 Å². The van der Waals surface area contributed by atoms with Crippen LogP contribution in [-0.2, 0) is 4.74 Å². The fourth-order valence-corrected chi connectivity index (χ4v) is 2.51. The molecule has 2 rings (SSSR count). The molecule has 2 N–H and O–H groups in total. The Morgan fingerprint density at radius 1 is 1.44 bits per heavy atom. The van der Waals surface area contributed by atoms with E-state index in [2.05, 4.69) is 22.5 Å². The first-order valence-corrected chi connectivity index (χ1v) is 6.61. The molecule has 2 aliphatic rings. The standard InChI is InChI=1S/C12H25N3O/c1-11(10-15-5-7-16-8-6-15)14-9-12-3-2-4-13-12/h11-14H,2-10H2,1H3. The summed E-state index contributed by atoms with van der Waals surface area (Å²) in [6.07, 6.45) is 2.67. The molecule has 4 nitrogen and oxygen atoms in total. The van der Waals surface area contributed by atoms with E-state index in [1.807, 2.05) is 0 Å². The van der Waals surface area contributed by atoms with Crippen LogP contribution in [0.3, 0.4) is 0 Å². The van der Waals surface area contributed by atoms with Crippen molar-refractivity contribution in [3.8, 4) is 0 Å². The predicted octanol–water partition coefficient (Wildman–Crippen LogP) is 0.0487. The summed E-state index contributed by atoms with van der Waals surface area (Å²) in [6.45, 7) is 9.73. The number of hydrogen-bond donors (Lipinski definition) is 2. The van der Waals surface area contributed by atoms with Gasteiger partial charge in [0.15, 0.2) is 0 Å². The molecular weight excluding hydrogens is 202 g/mol. The van der Waals surface area contributed by atoms with E-state index in [9.17, 15) is 0 Å². The van der Waals surface area contributed by atoms with Crippen molar-refractivity contribution in [1.29, 1.82) is 0 Å². The van der Waals surface area contributed by atoms with Gasteiger partial charge in [-0.15, -0.1) is 0 Å². The Bertz CT molecular complexity index is 189. The molecule has 2 atom stereocenters. The molecule has 0 aliphatic carbocycles. The van der Waals surface area contributed by atoms with Gasteiger partial charge in [0.1, 0.15) is 0 Å². The van der Waals surface area contributed by atoms with E-state index in [-0.39, 0.29) is 0 Å². The van der Waals surface area contributed by atoms with E-state index in [0.29, 0.717) is 12.1 Å². The molecule has 0 radical (unpaired) electrons. The minimum absolute atomic E-state index is 0.584. The van der Waals surface area contributed by atoms with Gasteiger partial charge in [0.05, 0.1) is 13.2 Å². The Hall–Kier alpha value is -0.160. The molecule has 0 amide bonds. The molecule has 0 aromatic rings. The quantitative estimate of drug-likeness (QED) is 0.696. The number of nitrogens with one attached hydrogen (secondary N) is 2. The molecule has 94 valence electrons. The van der Waals surface area contributed by atoms with Gasteiger partial charge in [-0.3, -0.25) is 4.90 Å². The Labute approximate surface area is 98.7 Å². The molecule has 0 saturated carbocycles. The van der Waals surface area contributed by atoms with Gasteiger partial charge < -0.3 is 15.4 Å². The molecule has 2 fully saturated rings. The zero-order chi connectivity index (χ0) is 11.2. The van der Waals surface area contributed by atoms with E-state index in [1.54, 1.807) is 0 Å². The van der Waals surface area contributed by atoms with Crippen molar-refractivity contribution in [2.75, 3.05) is 45.9 Å². The van der Waals surface area contributed by atoms with Gasteiger partial charge >= 0.3 is 0 Å². The SMILES string of the molecule is CC(CN1CCOCC1)NCC1CCCN1. The fraction of sp³-hybridized carbons (Fsp3) is 1.00. The summed E-state index contributed by atoms with van der Waals surface area (Å²) >= 11 is 0. The second-order valence-corrected chi connectivity index (χ2v) is 5.02. The van der Waals surface area contributed by atoms with Gasteiger partial charge in [0.25, 0.3) is 0 Å². The molecule has 2 unspecified atom stereocenters. The van der Waals surface area contributed by atoms with Crippen LogP contribution >= 0.6 is 0 Å².